The molecule has 0 aromatic carbocycles. The molecule has 24 heavy (non-hydrogen) atoms. The van der Waals surface area contributed by atoms with E-state index >= 15 is 0 Å². The van der Waals surface area contributed by atoms with Crippen molar-refractivity contribution in [2.75, 3.05) is 19.8 Å². The molecule has 2 heterocycles. The maximum Gasteiger partial charge on any atom is 0.248 e. The van der Waals surface area contributed by atoms with Crippen LogP contribution in [0, 0.1) is 0 Å². The summed E-state index contributed by atoms with van der Waals surface area (Å²) in [5.41, 5.74) is 6.88. The summed E-state index contributed by atoms with van der Waals surface area (Å²) in [6, 6.07) is 3.69. The van der Waals surface area contributed by atoms with Crippen LogP contribution in [0.25, 0.3) is 0 Å². The number of pyridine rings is 1. The van der Waals surface area contributed by atoms with Crippen molar-refractivity contribution in [2.45, 2.75) is 44.8 Å². The lowest BCUT2D eigenvalue weighted by atomic mass is 9.97. The monoisotopic (exact) mass is 334 g/mol. The van der Waals surface area contributed by atoms with Crippen molar-refractivity contribution >= 4 is 11.8 Å². The molecule has 2 unspecified atom stereocenters. The molecule has 1 aliphatic heterocycles. The minimum atomic E-state index is -0.256. The minimum Gasteiger partial charge on any atom is -0.362 e. The van der Waals surface area contributed by atoms with E-state index in [2.05, 4.69) is 10.3 Å². The highest BCUT2D eigenvalue weighted by Gasteiger charge is 2.29. The average Bonchev–Trinajstić information content (AvgIpc) is 2.60. The Morgan fingerprint density at radius 3 is 3.00 bits per heavy atom. The standard InChI is InChI=1S/C17H26N4O3/c1-13(18)15-6-2-3-8-21(15)17(23)12-24-11-16(22)20-10-14-5-4-7-19-9-14/h4-5,7,9,13,15H,2-3,6,8,10-12,18H2,1H3,(H,20,22). The van der Waals surface area contributed by atoms with Gasteiger partial charge in [-0.3, -0.25) is 14.6 Å². The number of aromatic nitrogens is 1. The van der Waals surface area contributed by atoms with Crippen molar-refractivity contribution in [1.82, 2.24) is 15.2 Å². The summed E-state index contributed by atoms with van der Waals surface area (Å²) in [5.74, 6) is -0.355. The number of hydrogen-bond donors (Lipinski definition) is 2. The molecule has 0 bridgehead atoms. The molecule has 1 aromatic rings. The second-order valence-corrected chi connectivity index (χ2v) is 6.14. The van der Waals surface area contributed by atoms with Gasteiger partial charge >= 0.3 is 0 Å². The first-order chi connectivity index (χ1) is 11.6. The van der Waals surface area contributed by atoms with Crippen LogP contribution >= 0.6 is 0 Å². The Morgan fingerprint density at radius 2 is 2.29 bits per heavy atom. The summed E-state index contributed by atoms with van der Waals surface area (Å²) in [4.78, 5) is 29.8. The van der Waals surface area contributed by atoms with Gasteiger partial charge in [-0.2, -0.15) is 0 Å². The molecule has 1 aromatic heterocycles. The fraction of sp³-hybridized carbons (Fsp3) is 0.588. The third kappa shape index (κ3) is 5.58. The number of carbonyl (C=O) groups excluding carboxylic acids is 2. The van der Waals surface area contributed by atoms with E-state index in [1.807, 2.05) is 19.1 Å². The third-order valence-corrected chi connectivity index (χ3v) is 4.15. The fourth-order valence-electron chi connectivity index (χ4n) is 2.88. The molecule has 7 heteroatoms. The van der Waals surface area contributed by atoms with Gasteiger partial charge in [0.25, 0.3) is 0 Å². The Bertz CT molecular complexity index is 536. The summed E-state index contributed by atoms with van der Waals surface area (Å²) < 4.78 is 5.27. The second-order valence-electron chi connectivity index (χ2n) is 6.14. The lowest BCUT2D eigenvalue weighted by molar-refractivity contribution is -0.142. The van der Waals surface area contributed by atoms with E-state index in [1.165, 1.54) is 0 Å². The van der Waals surface area contributed by atoms with Crippen LogP contribution in [0.4, 0.5) is 0 Å². The molecule has 1 fully saturated rings. The van der Waals surface area contributed by atoms with Crippen LogP contribution < -0.4 is 11.1 Å². The first-order valence-corrected chi connectivity index (χ1v) is 8.36. The lowest BCUT2D eigenvalue weighted by Gasteiger charge is -2.38. The van der Waals surface area contributed by atoms with Gasteiger partial charge in [-0.05, 0) is 37.8 Å². The zero-order chi connectivity index (χ0) is 17.4. The largest absolute Gasteiger partial charge is 0.362 e. The van der Waals surface area contributed by atoms with Gasteiger partial charge in [0, 0.05) is 37.6 Å². The van der Waals surface area contributed by atoms with Crippen LogP contribution in [-0.2, 0) is 20.9 Å². The zero-order valence-corrected chi connectivity index (χ0v) is 14.1. The highest BCUT2D eigenvalue weighted by atomic mass is 16.5. The number of nitrogens with zero attached hydrogens (tertiary/aromatic N) is 2. The van der Waals surface area contributed by atoms with Gasteiger partial charge in [0.1, 0.15) is 13.2 Å². The topological polar surface area (TPSA) is 97.5 Å². The van der Waals surface area contributed by atoms with Gasteiger partial charge in [-0.25, -0.2) is 0 Å². The van der Waals surface area contributed by atoms with E-state index in [-0.39, 0.29) is 37.1 Å². The minimum absolute atomic E-state index is 0.0583. The van der Waals surface area contributed by atoms with Crippen molar-refractivity contribution in [2.24, 2.45) is 5.73 Å². The Hall–Kier alpha value is -1.99. The average molecular weight is 334 g/mol. The van der Waals surface area contributed by atoms with Gasteiger partial charge in [0.05, 0.1) is 0 Å². The number of piperidine rings is 1. The molecule has 132 valence electrons. The first kappa shape index (κ1) is 18.4. The number of likely N-dealkylation sites (tertiary alicyclic amines) is 1. The van der Waals surface area contributed by atoms with Gasteiger partial charge < -0.3 is 20.7 Å². The van der Waals surface area contributed by atoms with Crippen molar-refractivity contribution < 1.29 is 14.3 Å². The molecule has 3 N–H and O–H groups in total. The predicted molar refractivity (Wildman–Crippen MR) is 89.9 cm³/mol. The highest BCUT2D eigenvalue weighted by Crippen LogP contribution is 2.19. The number of rotatable bonds is 7. The molecule has 2 atom stereocenters. The van der Waals surface area contributed by atoms with Crippen molar-refractivity contribution in [1.29, 1.82) is 0 Å². The van der Waals surface area contributed by atoms with Crippen molar-refractivity contribution in [3.63, 3.8) is 0 Å². The highest BCUT2D eigenvalue weighted by molar-refractivity contribution is 5.80. The third-order valence-electron chi connectivity index (χ3n) is 4.15. The molecule has 0 saturated carbocycles. The predicted octanol–water partition coefficient (Wildman–Crippen LogP) is 0.443. The molecule has 0 radical (unpaired) electrons. The van der Waals surface area contributed by atoms with Gasteiger partial charge in [-0.1, -0.05) is 6.07 Å². The number of ether oxygens (including phenoxy) is 1. The summed E-state index contributed by atoms with van der Waals surface area (Å²) in [7, 11) is 0. The van der Waals surface area contributed by atoms with E-state index in [4.69, 9.17) is 10.5 Å². The number of amides is 2. The number of hydrogen-bond acceptors (Lipinski definition) is 5. The van der Waals surface area contributed by atoms with E-state index in [0.717, 1.165) is 24.8 Å². The van der Waals surface area contributed by atoms with Gasteiger partial charge in [-0.15, -0.1) is 0 Å². The molecule has 0 aliphatic carbocycles. The van der Waals surface area contributed by atoms with E-state index in [0.29, 0.717) is 13.1 Å². The van der Waals surface area contributed by atoms with Gasteiger partial charge in [0.15, 0.2) is 0 Å². The Balaban J connectivity index is 1.68. The molecule has 0 spiro atoms. The molecule has 2 amide bonds. The van der Waals surface area contributed by atoms with Crippen LogP contribution in [0.3, 0.4) is 0 Å². The second kappa shape index (κ2) is 9.34. The molecule has 2 rings (SSSR count). The van der Waals surface area contributed by atoms with Crippen LogP contribution in [0.2, 0.25) is 0 Å². The van der Waals surface area contributed by atoms with Crippen LogP contribution in [-0.4, -0.2) is 53.5 Å². The number of nitrogens with two attached hydrogens (primary N) is 1. The summed E-state index contributed by atoms with van der Waals surface area (Å²) in [6.45, 7) is 2.79. The Morgan fingerprint density at radius 1 is 1.46 bits per heavy atom. The van der Waals surface area contributed by atoms with Crippen molar-refractivity contribution in [3.05, 3.63) is 30.1 Å². The quantitative estimate of drug-likeness (QED) is 0.754. The molecular weight excluding hydrogens is 308 g/mol. The zero-order valence-electron chi connectivity index (χ0n) is 14.1. The van der Waals surface area contributed by atoms with E-state index in [9.17, 15) is 9.59 Å². The maximum atomic E-state index is 12.3. The molecule has 1 aliphatic rings. The Kier molecular flexibility index (Phi) is 7.14. The SMILES string of the molecule is CC(N)C1CCCCN1C(=O)COCC(=O)NCc1cccnc1. The summed E-state index contributed by atoms with van der Waals surface area (Å²) in [6.07, 6.45) is 6.37. The molecular formula is C17H26N4O3. The summed E-state index contributed by atoms with van der Waals surface area (Å²) in [5, 5.41) is 2.73. The fourth-order valence-corrected chi connectivity index (χ4v) is 2.88. The van der Waals surface area contributed by atoms with Crippen LogP contribution in [0.15, 0.2) is 24.5 Å². The van der Waals surface area contributed by atoms with Crippen molar-refractivity contribution in [3.8, 4) is 0 Å². The smallest absolute Gasteiger partial charge is 0.248 e. The number of carbonyl (C=O) groups is 2. The van der Waals surface area contributed by atoms with E-state index in [1.54, 1.807) is 17.3 Å². The Labute approximate surface area is 142 Å². The number of nitrogens with one attached hydrogen (secondary N) is 1. The normalized spacial score (nSPS) is 18.9. The lowest BCUT2D eigenvalue weighted by Crippen LogP contribution is -2.52. The summed E-state index contributed by atoms with van der Waals surface area (Å²) >= 11 is 0. The van der Waals surface area contributed by atoms with Gasteiger partial charge in [0.2, 0.25) is 11.8 Å². The molecule has 1 saturated heterocycles. The van der Waals surface area contributed by atoms with Crippen LogP contribution in [0.5, 0.6) is 0 Å². The maximum absolute atomic E-state index is 12.3. The van der Waals surface area contributed by atoms with Crippen LogP contribution in [0.1, 0.15) is 31.7 Å². The first-order valence-electron chi connectivity index (χ1n) is 8.36. The molecule has 7 nitrogen and oxygen atoms in total. The van der Waals surface area contributed by atoms with E-state index < -0.39 is 0 Å².